The second-order valence-corrected chi connectivity index (χ2v) is 5.38. The van der Waals surface area contributed by atoms with Gasteiger partial charge in [0.05, 0.1) is 18.8 Å². The van der Waals surface area contributed by atoms with Gasteiger partial charge in [-0.2, -0.15) is 0 Å². The topological polar surface area (TPSA) is 49.8 Å². The Kier molecular flexibility index (Phi) is 4.10. The second kappa shape index (κ2) is 5.61. The van der Waals surface area contributed by atoms with Crippen molar-refractivity contribution in [2.75, 3.05) is 20.7 Å². The lowest BCUT2D eigenvalue weighted by Crippen LogP contribution is -2.39. The van der Waals surface area contributed by atoms with E-state index in [-0.39, 0.29) is 12.0 Å². The summed E-state index contributed by atoms with van der Waals surface area (Å²) in [5.74, 6) is 0.998. The molecule has 0 heterocycles. The number of nitrogens with zero attached hydrogens (tertiary/aromatic N) is 1. The van der Waals surface area contributed by atoms with Gasteiger partial charge < -0.3 is 14.7 Å². The van der Waals surface area contributed by atoms with Gasteiger partial charge in [-0.05, 0) is 37.8 Å². The molecular formula is C15H21NO3. The van der Waals surface area contributed by atoms with Crippen molar-refractivity contribution in [2.45, 2.75) is 25.9 Å². The lowest BCUT2D eigenvalue weighted by Gasteiger charge is -2.34. The van der Waals surface area contributed by atoms with Crippen LogP contribution in [-0.2, 0) is 0 Å². The maximum atomic E-state index is 12.4. The minimum Gasteiger partial charge on any atom is -0.496 e. The highest BCUT2D eigenvalue weighted by atomic mass is 16.5. The Balaban J connectivity index is 2.07. The Bertz CT molecular complexity index is 466. The normalized spacial score (nSPS) is 21.7. The van der Waals surface area contributed by atoms with Crippen molar-refractivity contribution in [1.29, 1.82) is 0 Å². The molecule has 0 bridgehead atoms. The molecule has 4 nitrogen and oxygen atoms in total. The van der Waals surface area contributed by atoms with E-state index in [0.717, 1.165) is 18.4 Å². The number of rotatable bonds is 4. The van der Waals surface area contributed by atoms with Crippen molar-refractivity contribution in [3.05, 3.63) is 29.3 Å². The van der Waals surface area contributed by atoms with Gasteiger partial charge in [0.2, 0.25) is 0 Å². The molecule has 1 amide bonds. The van der Waals surface area contributed by atoms with Crippen LogP contribution < -0.4 is 4.74 Å². The summed E-state index contributed by atoms with van der Waals surface area (Å²) in [5.41, 5.74) is 1.64. The lowest BCUT2D eigenvalue weighted by atomic mass is 9.82. The number of benzene rings is 1. The quantitative estimate of drug-likeness (QED) is 0.902. The monoisotopic (exact) mass is 263 g/mol. The van der Waals surface area contributed by atoms with Crippen molar-refractivity contribution in [3.63, 3.8) is 0 Å². The standard InChI is InChI=1S/C15H21NO3/c1-10-4-5-14(19-3)13(6-10)15(18)16(2)9-11-7-12(17)8-11/h4-6,11-12,17H,7-9H2,1-3H3. The zero-order valence-corrected chi connectivity index (χ0v) is 11.7. The summed E-state index contributed by atoms with van der Waals surface area (Å²) in [6, 6.07) is 5.61. The number of amides is 1. The van der Waals surface area contributed by atoms with Gasteiger partial charge in [0.1, 0.15) is 5.75 Å². The Morgan fingerprint density at radius 3 is 2.74 bits per heavy atom. The molecule has 1 N–H and O–H groups in total. The van der Waals surface area contributed by atoms with Gasteiger partial charge in [-0.15, -0.1) is 0 Å². The van der Waals surface area contributed by atoms with Gasteiger partial charge in [0, 0.05) is 13.6 Å². The summed E-state index contributed by atoms with van der Waals surface area (Å²) >= 11 is 0. The molecule has 104 valence electrons. The molecule has 19 heavy (non-hydrogen) atoms. The first kappa shape index (κ1) is 13.9. The average Bonchev–Trinajstić information content (AvgIpc) is 2.35. The molecule has 1 aromatic carbocycles. The van der Waals surface area contributed by atoms with Crippen LogP contribution in [0.3, 0.4) is 0 Å². The number of hydrogen-bond acceptors (Lipinski definition) is 3. The molecule has 0 aliphatic heterocycles. The largest absolute Gasteiger partial charge is 0.496 e. The summed E-state index contributed by atoms with van der Waals surface area (Å²) in [6.07, 6.45) is 1.41. The Morgan fingerprint density at radius 1 is 1.47 bits per heavy atom. The molecular weight excluding hydrogens is 242 g/mol. The summed E-state index contributed by atoms with van der Waals surface area (Å²) < 4.78 is 5.25. The maximum Gasteiger partial charge on any atom is 0.257 e. The summed E-state index contributed by atoms with van der Waals surface area (Å²) in [7, 11) is 3.37. The first-order chi connectivity index (χ1) is 9.01. The highest BCUT2D eigenvalue weighted by molar-refractivity contribution is 5.97. The Morgan fingerprint density at radius 2 is 2.16 bits per heavy atom. The molecule has 0 spiro atoms. The zero-order valence-electron chi connectivity index (χ0n) is 11.7. The second-order valence-electron chi connectivity index (χ2n) is 5.38. The molecule has 0 atom stereocenters. The molecule has 2 rings (SSSR count). The van der Waals surface area contributed by atoms with Crippen LogP contribution in [0, 0.1) is 12.8 Å². The average molecular weight is 263 g/mol. The fraction of sp³-hybridized carbons (Fsp3) is 0.533. The third-order valence-corrected chi connectivity index (χ3v) is 3.67. The van der Waals surface area contributed by atoms with Gasteiger partial charge in [-0.25, -0.2) is 0 Å². The Hall–Kier alpha value is -1.55. The van der Waals surface area contributed by atoms with E-state index in [1.54, 1.807) is 19.1 Å². The number of carbonyl (C=O) groups excluding carboxylic acids is 1. The van der Waals surface area contributed by atoms with Crippen LogP contribution >= 0.6 is 0 Å². The summed E-state index contributed by atoms with van der Waals surface area (Å²) in [4.78, 5) is 14.1. The first-order valence-electron chi connectivity index (χ1n) is 6.59. The molecule has 1 saturated carbocycles. The van der Waals surface area contributed by atoms with E-state index >= 15 is 0 Å². The zero-order chi connectivity index (χ0) is 14.0. The fourth-order valence-corrected chi connectivity index (χ4v) is 2.51. The number of ether oxygens (including phenoxy) is 1. The van der Waals surface area contributed by atoms with E-state index in [0.29, 0.717) is 23.8 Å². The molecule has 0 saturated heterocycles. The van der Waals surface area contributed by atoms with Crippen LogP contribution in [0.25, 0.3) is 0 Å². The maximum absolute atomic E-state index is 12.4. The summed E-state index contributed by atoms with van der Waals surface area (Å²) in [6.45, 7) is 2.64. The molecule has 1 aliphatic rings. The predicted molar refractivity (Wildman–Crippen MR) is 73.4 cm³/mol. The van der Waals surface area contributed by atoms with Crippen LogP contribution in [0.15, 0.2) is 18.2 Å². The van der Waals surface area contributed by atoms with Crippen molar-refractivity contribution < 1.29 is 14.6 Å². The van der Waals surface area contributed by atoms with E-state index in [2.05, 4.69) is 0 Å². The number of aliphatic hydroxyl groups excluding tert-OH is 1. The smallest absolute Gasteiger partial charge is 0.257 e. The minimum absolute atomic E-state index is 0.0260. The molecule has 0 unspecified atom stereocenters. The van der Waals surface area contributed by atoms with Crippen molar-refractivity contribution in [3.8, 4) is 5.75 Å². The highest BCUT2D eigenvalue weighted by Crippen LogP contribution is 2.28. The molecule has 4 heteroatoms. The minimum atomic E-state index is -0.179. The van der Waals surface area contributed by atoms with E-state index in [1.165, 1.54) is 0 Å². The number of aliphatic hydroxyl groups is 1. The van der Waals surface area contributed by atoms with E-state index < -0.39 is 0 Å². The third kappa shape index (κ3) is 3.07. The molecule has 1 aromatic rings. The predicted octanol–water partition coefficient (Wildman–Crippen LogP) is 1.85. The lowest BCUT2D eigenvalue weighted by molar-refractivity contribution is 0.0264. The van der Waals surface area contributed by atoms with Crippen molar-refractivity contribution >= 4 is 5.91 Å². The number of methoxy groups -OCH3 is 1. The molecule has 1 aliphatic carbocycles. The van der Waals surface area contributed by atoms with Crippen LogP contribution in [0.5, 0.6) is 5.75 Å². The third-order valence-electron chi connectivity index (χ3n) is 3.67. The first-order valence-corrected chi connectivity index (χ1v) is 6.59. The molecule has 0 aromatic heterocycles. The number of aryl methyl sites for hydroxylation is 1. The van der Waals surface area contributed by atoms with Gasteiger partial charge in [-0.1, -0.05) is 11.6 Å². The number of carbonyl (C=O) groups is 1. The van der Waals surface area contributed by atoms with E-state index in [1.807, 2.05) is 25.1 Å². The van der Waals surface area contributed by atoms with Crippen LogP contribution in [0.1, 0.15) is 28.8 Å². The SMILES string of the molecule is COc1ccc(C)cc1C(=O)N(C)CC1CC(O)C1. The van der Waals surface area contributed by atoms with Crippen LogP contribution in [0.4, 0.5) is 0 Å². The van der Waals surface area contributed by atoms with Gasteiger partial charge in [-0.3, -0.25) is 4.79 Å². The van der Waals surface area contributed by atoms with E-state index in [9.17, 15) is 9.90 Å². The van der Waals surface area contributed by atoms with Gasteiger partial charge in [0.25, 0.3) is 5.91 Å². The summed E-state index contributed by atoms with van der Waals surface area (Å²) in [5, 5.41) is 9.28. The fourth-order valence-electron chi connectivity index (χ4n) is 2.51. The van der Waals surface area contributed by atoms with Crippen LogP contribution in [0.2, 0.25) is 0 Å². The number of hydrogen-bond donors (Lipinski definition) is 1. The van der Waals surface area contributed by atoms with Crippen molar-refractivity contribution in [2.24, 2.45) is 5.92 Å². The molecule has 0 radical (unpaired) electrons. The Labute approximate surface area is 114 Å². The van der Waals surface area contributed by atoms with Crippen LogP contribution in [-0.4, -0.2) is 42.7 Å². The highest BCUT2D eigenvalue weighted by Gasteiger charge is 2.29. The van der Waals surface area contributed by atoms with Gasteiger partial charge in [0.15, 0.2) is 0 Å². The van der Waals surface area contributed by atoms with E-state index in [4.69, 9.17) is 4.74 Å². The van der Waals surface area contributed by atoms with Gasteiger partial charge >= 0.3 is 0 Å². The molecule has 1 fully saturated rings. The van der Waals surface area contributed by atoms with Crippen molar-refractivity contribution in [1.82, 2.24) is 4.90 Å².